The number of rotatable bonds is 2. The van der Waals surface area contributed by atoms with Crippen LogP contribution in [0, 0.1) is 13.8 Å². The molecule has 0 aliphatic carbocycles. The molecule has 0 saturated carbocycles. The highest BCUT2D eigenvalue weighted by molar-refractivity contribution is 5.97. The number of para-hydroxylation sites is 2. The fourth-order valence-corrected chi connectivity index (χ4v) is 8.86. The molecular formula is C41H28N4O+2. The summed E-state index contributed by atoms with van der Waals surface area (Å²) < 4.78 is 14.2. The summed E-state index contributed by atoms with van der Waals surface area (Å²) in [5, 5.41) is 0. The maximum Gasteiger partial charge on any atom is 0.444 e. The molecular weight excluding hydrogens is 564 g/mol. The minimum absolute atomic E-state index is 0.619. The summed E-state index contributed by atoms with van der Waals surface area (Å²) in [6, 6.07) is 45.8. The zero-order valence-electron chi connectivity index (χ0n) is 25.4. The Bertz CT molecular complexity index is 2480. The molecule has 1 atom stereocenters. The standard InChI is InChI=1S/C41H28N4O/c1-25-37(29-20-18-28(19-21-29)27-11-4-3-5-12-27)26(2)45-41-38-30(31-13-8-9-24-42(31)41)22-23-36-40(38)43(32-14-6-7-17-35(32)46-36)33-15-10-16-34(39(33)41)44(25)45/h3-24H,1-2H3/q+2. The Balaban J connectivity index is 1.25. The van der Waals surface area contributed by atoms with Gasteiger partial charge in [0.25, 0.3) is 0 Å². The Morgan fingerprint density at radius 3 is 2.17 bits per heavy atom. The zero-order valence-corrected chi connectivity index (χ0v) is 25.4. The Kier molecular flexibility index (Phi) is 4.35. The number of fused-ring (bicyclic) bond motifs is 7. The largest absolute Gasteiger partial charge is 0.453 e. The lowest BCUT2D eigenvalue weighted by Gasteiger charge is -2.38. The number of benzene rings is 5. The lowest BCUT2D eigenvalue weighted by atomic mass is 9.82. The van der Waals surface area contributed by atoms with Gasteiger partial charge in [-0.3, -0.25) is 0 Å². The molecule has 0 saturated heterocycles. The molecule has 5 nitrogen and oxygen atoms in total. The molecule has 0 amide bonds. The summed E-state index contributed by atoms with van der Waals surface area (Å²) in [6.07, 6.45) is 2.26. The summed E-state index contributed by atoms with van der Waals surface area (Å²) in [4.78, 5) is 2.44. The second-order valence-electron chi connectivity index (χ2n) is 12.7. The van der Waals surface area contributed by atoms with Crippen LogP contribution in [0.3, 0.4) is 0 Å². The molecule has 5 aromatic carbocycles. The van der Waals surface area contributed by atoms with Crippen molar-refractivity contribution in [3.05, 3.63) is 156 Å². The molecule has 46 heavy (non-hydrogen) atoms. The van der Waals surface area contributed by atoms with Crippen molar-refractivity contribution in [2.75, 3.05) is 4.90 Å². The van der Waals surface area contributed by atoms with E-state index in [-0.39, 0.29) is 0 Å². The van der Waals surface area contributed by atoms with Gasteiger partial charge in [0, 0.05) is 19.1 Å². The van der Waals surface area contributed by atoms with Crippen molar-refractivity contribution in [3.8, 4) is 50.7 Å². The van der Waals surface area contributed by atoms with Crippen molar-refractivity contribution in [1.82, 2.24) is 4.68 Å². The first-order valence-electron chi connectivity index (χ1n) is 15.9. The zero-order chi connectivity index (χ0) is 30.3. The van der Waals surface area contributed by atoms with Crippen molar-refractivity contribution in [1.29, 1.82) is 0 Å². The van der Waals surface area contributed by atoms with Gasteiger partial charge in [-0.25, -0.2) is 0 Å². The number of hydrogen-bond acceptors (Lipinski definition) is 2. The predicted octanol–water partition coefficient (Wildman–Crippen LogP) is 8.48. The summed E-state index contributed by atoms with van der Waals surface area (Å²) in [5.41, 5.74) is 16.4. The number of anilines is 3. The fraction of sp³-hybridized carbons (Fsp3) is 0.0732. The van der Waals surface area contributed by atoms with E-state index in [0.29, 0.717) is 0 Å². The fourth-order valence-electron chi connectivity index (χ4n) is 8.86. The quantitative estimate of drug-likeness (QED) is 0.188. The SMILES string of the molecule is Cc1c(-c2ccc(-c3ccccc3)cc2)c(C)[n+]2n1-c1cccc3c1C21c2c(ccc4c2N3c2ccccc2O4)-c2cccc[n+]21. The van der Waals surface area contributed by atoms with Crippen LogP contribution in [0.15, 0.2) is 134 Å². The minimum Gasteiger partial charge on any atom is -0.453 e. The Morgan fingerprint density at radius 2 is 1.30 bits per heavy atom. The molecule has 11 rings (SSSR count). The molecule has 7 aromatic rings. The van der Waals surface area contributed by atoms with E-state index in [9.17, 15) is 0 Å². The number of aromatic nitrogens is 3. The third-order valence-corrected chi connectivity index (χ3v) is 10.5. The number of hydrogen-bond donors (Lipinski definition) is 0. The summed E-state index contributed by atoms with van der Waals surface area (Å²) in [6.45, 7) is 4.56. The predicted molar refractivity (Wildman–Crippen MR) is 178 cm³/mol. The van der Waals surface area contributed by atoms with Crippen molar-refractivity contribution < 1.29 is 14.0 Å². The van der Waals surface area contributed by atoms with Gasteiger partial charge in [-0.2, -0.15) is 0 Å². The van der Waals surface area contributed by atoms with Gasteiger partial charge in [-0.05, 0) is 70.8 Å². The highest BCUT2D eigenvalue weighted by atomic mass is 16.5. The Labute approximate surface area is 266 Å². The lowest BCUT2D eigenvalue weighted by Crippen LogP contribution is -2.74. The van der Waals surface area contributed by atoms with E-state index in [2.05, 4.69) is 166 Å². The summed E-state index contributed by atoms with van der Waals surface area (Å²) in [7, 11) is 0. The molecule has 1 spiro atoms. The van der Waals surface area contributed by atoms with Crippen LogP contribution < -0.4 is 18.9 Å². The molecule has 0 radical (unpaired) electrons. The van der Waals surface area contributed by atoms with Crippen molar-refractivity contribution in [2.24, 2.45) is 0 Å². The smallest absolute Gasteiger partial charge is 0.444 e. The monoisotopic (exact) mass is 592 g/mol. The minimum atomic E-state index is -0.619. The first kappa shape index (κ1) is 24.4. The van der Waals surface area contributed by atoms with Gasteiger partial charge < -0.3 is 9.64 Å². The van der Waals surface area contributed by atoms with Crippen molar-refractivity contribution in [2.45, 2.75) is 19.5 Å². The lowest BCUT2D eigenvalue weighted by molar-refractivity contribution is -0.989. The molecule has 0 fully saturated rings. The van der Waals surface area contributed by atoms with Gasteiger partial charge in [-0.1, -0.05) is 72.8 Å². The highest BCUT2D eigenvalue weighted by Crippen LogP contribution is 2.64. The van der Waals surface area contributed by atoms with Crippen molar-refractivity contribution >= 4 is 17.1 Å². The first-order valence-corrected chi connectivity index (χ1v) is 15.9. The number of pyridine rings is 1. The van der Waals surface area contributed by atoms with E-state index in [1.54, 1.807) is 0 Å². The second-order valence-corrected chi connectivity index (χ2v) is 12.7. The first-order chi connectivity index (χ1) is 22.7. The van der Waals surface area contributed by atoms with Gasteiger partial charge in [0.1, 0.15) is 16.9 Å². The van der Waals surface area contributed by atoms with E-state index >= 15 is 0 Å². The molecule has 4 aliphatic rings. The molecule has 6 heterocycles. The molecule has 0 bridgehead atoms. The van der Waals surface area contributed by atoms with Crippen LogP contribution in [-0.2, 0) is 5.66 Å². The molecule has 5 heteroatoms. The van der Waals surface area contributed by atoms with Gasteiger partial charge in [0.15, 0.2) is 23.3 Å². The van der Waals surface area contributed by atoms with Crippen molar-refractivity contribution in [3.63, 3.8) is 0 Å². The van der Waals surface area contributed by atoms with E-state index < -0.39 is 5.66 Å². The molecule has 2 aromatic heterocycles. The van der Waals surface area contributed by atoms with Crippen LogP contribution in [0.5, 0.6) is 11.5 Å². The van der Waals surface area contributed by atoms with Crippen LogP contribution in [0.4, 0.5) is 17.1 Å². The third-order valence-electron chi connectivity index (χ3n) is 10.5. The van der Waals surface area contributed by atoms with E-state index in [1.165, 1.54) is 67.4 Å². The van der Waals surface area contributed by atoms with Crippen LogP contribution >= 0.6 is 0 Å². The Morgan fingerprint density at radius 1 is 0.587 bits per heavy atom. The third kappa shape index (κ3) is 2.63. The number of nitrogens with zero attached hydrogens (tertiary/aromatic N) is 4. The molecule has 0 N–H and O–H groups in total. The van der Waals surface area contributed by atoms with Crippen LogP contribution in [0.25, 0.3) is 39.2 Å². The van der Waals surface area contributed by atoms with Crippen LogP contribution in [-0.4, -0.2) is 4.68 Å². The van der Waals surface area contributed by atoms with Crippen LogP contribution in [0.2, 0.25) is 0 Å². The van der Waals surface area contributed by atoms with Gasteiger partial charge in [0.05, 0.1) is 28.2 Å². The topological polar surface area (TPSA) is 25.2 Å². The molecule has 1 unspecified atom stereocenters. The van der Waals surface area contributed by atoms with Gasteiger partial charge in [0.2, 0.25) is 11.4 Å². The van der Waals surface area contributed by atoms with Crippen LogP contribution in [0.1, 0.15) is 22.5 Å². The van der Waals surface area contributed by atoms with Gasteiger partial charge >= 0.3 is 5.66 Å². The second kappa shape index (κ2) is 8.20. The Hall–Kier alpha value is -5.94. The average Bonchev–Trinajstić information content (AvgIpc) is 3.69. The summed E-state index contributed by atoms with van der Waals surface area (Å²) >= 11 is 0. The maximum atomic E-state index is 6.67. The van der Waals surface area contributed by atoms with E-state index in [0.717, 1.165) is 22.9 Å². The normalized spacial score (nSPS) is 16.7. The van der Waals surface area contributed by atoms with E-state index in [4.69, 9.17) is 4.74 Å². The molecule has 216 valence electrons. The number of ether oxygens (including phenoxy) is 1. The maximum absolute atomic E-state index is 6.67. The van der Waals surface area contributed by atoms with E-state index in [1.807, 2.05) is 0 Å². The highest BCUT2D eigenvalue weighted by Gasteiger charge is 2.74. The molecule has 4 aliphatic heterocycles. The summed E-state index contributed by atoms with van der Waals surface area (Å²) in [5.74, 6) is 1.76. The van der Waals surface area contributed by atoms with Gasteiger partial charge in [-0.15, -0.1) is 9.25 Å². The average molecular weight is 593 g/mol.